The summed E-state index contributed by atoms with van der Waals surface area (Å²) in [5.74, 6) is 1.78. The van der Waals surface area contributed by atoms with Gasteiger partial charge in [0.2, 0.25) is 0 Å². The van der Waals surface area contributed by atoms with Crippen LogP contribution in [0.5, 0.6) is 23.0 Å². The normalized spacial score (nSPS) is 11.2. The van der Waals surface area contributed by atoms with Crippen LogP contribution in [0.4, 0.5) is 0 Å². The molecule has 0 fully saturated rings. The van der Waals surface area contributed by atoms with Gasteiger partial charge in [0, 0.05) is 29.0 Å². The van der Waals surface area contributed by atoms with Crippen molar-refractivity contribution in [2.75, 3.05) is 0 Å². The Labute approximate surface area is 276 Å². The Hall–Kier alpha value is -5.96. The summed E-state index contributed by atoms with van der Waals surface area (Å²) in [6, 6.07) is 19.1. The molecule has 0 amide bonds. The average Bonchev–Trinajstić information content (AvgIpc) is 3.04. The van der Waals surface area contributed by atoms with Crippen molar-refractivity contribution >= 4 is 0 Å². The number of nitrogens with zero attached hydrogens (tertiary/aromatic N) is 4. The molecule has 0 aliphatic rings. The zero-order valence-corrected chi connectivity index (χ0v) is 27.6. The molecule has 0 aromatic heterocycles. The number of hydrogen-bond donors (Lipinski definition) is 0. The van der Waals surface area contributed by atoms with E-state index in [1.807, 2.05) is 68.8 Å². The first-order valence-corrected chi connectivity index (χ1v) is 15.3. The first kappa shape index (κ1) is 33.9. The van der Waals surface area contributed by atoms with Crippen LogP contribution in [0.25, 0.3) is 11.1 Å². The van der Waals surface area contributed by atoms with E-state index in [1.165, 1.54) is 0 Å². The minimum Gasteiger partial charge on any atom is -0.388 e. The van der Waals surface area contributed by atoms with Crippen molar-refractivity contribution in [3.63, 3.8) is 0 Å². The molecule has 0 saturated heterocycles. The van der Waals surface area contributed by atoms with Gasteiger partial charge >= 0.3 is 0 Å². The molecule has 0 saturated carbocycles. The summed E-state index contributed by atoms with van der Waals surface area (Å²) in [5, 5.41) is 37.8. The fourth-order valence-electron chi connectivity index (χ4n) is 5.91. The molecule has 0 aliphatic carbocycles. The fourth-order valence-corrected chi connectivity index (χ4v) is 5.91. The molecule has 8 heteroatoms. The topological polar surface area (TPSA) is 132 Å². The van der Waals surface area contributed by atoms with Gasteiger partial charge in [0.05, 0.1) is 0 Å². The smallest absolute Gasteiger partial charge is 0.292 e. The van der Waals surface area contributed by atoms with Crippen LogP contribution < -0.4 is 18.9 Å². The van der Waals surface area contributed by atoms with E-state index in [0.717, 1.165) is 55.6 Å². The SMILES string of the molecule is Cc1cc(Cc2c(OC#N)c(C(C)c3ccc(OC#N)c(C)c3)cc(C(C)C)c2-c2cc(C(C)C)ccc2OC#N)ccc1OC#N. The molecule has 4 aromatic rings. The van der Waals surface area contributed by atoms with Crippen LogP contribution >= 0.6 is 0 Å². The zero-order chi connectivity index (χ0) is 34.2. The first-order chi connectivity index (χ1) is 22.5. The van der Waals surface area contributed by atoms with Crippen molar-refractivity contribution in [2.24, 2.45) is 0 Å². The van der Waals surface area contributed by atoms with Gasteiger partial charge < -0.3 is 18.9 Å². The van der Waals surface area contributed by atoms with Gasteiger partial charge in [-0.15, -0.1) is 21.0 Å². The summed E-state index contributed by atoms with van der Waals surface area (Å²) in [4.78, 5) is 0. The largest absolute Gasteiger partial charge is 0.388 e. The van der Waals surface area contributed by atoms with Crippen molar-refractivity contribution < 1.29 is 18.9 Å². The minimum absolute atomic E-state index is 0.0322. The van der Waals surface area contributed by atoms with E-state index in [-0.39, 0.29) is 17.8 Å². The maximum Gasteiger partial charge on any atom is 0.292 e. The molecule has 0 radical (unpaired) electrons. The maximum atomic E-state index is 10.0. The minimum atomic E-state index is -0.219. The van der Waals surface area contributed by atoms with Gasteiger partial charge in [-0.1, -0.05) is 71.0 Å². The number of hydrogen-bond acceptors (Lipinski definition) is 8. The first-order valence-electron chi connectivity index (χ1n) is 15.3. The zero-order valence-electron chi connectivity index (χ0n) is 27.6. The van der Waals surface area contributed by atoms with Crippen LogP contribution in [-0.2, 0) is 6.42 Å². The van der Waals surface area contributed by atoms with E-state index < -0.39 is 0 Å². The molecular formula is C39H36N4O4. The monoisotopic (exact) mass is 624 g/mol. The predicted molar refractivity (Wildman–Crippen MR) is 178 cm³/mol. The summed E-state index contributed by atoms with van der Waals surface area (Å²) < 4.78 is 21.7. The Morgan fingerprint density at radius 1 is 0.574 bits per heavy atom. The van der Waals surface area contributed by atoms with Crippen LogP contribution in [0.2, 0.25) is 0 Å². The molecular weight excluding hydrogens is 588 g/mol. The second-order valence-corrected chi connectivity index (χ2v) is 12.1. The molecule has 236 valence electrons. The maximum absolute atomic E-state index is 10.0. The van der Waals surface area contributed by atoms with Crippen molar-refractivity contribution in [1.82, 2.24) is 0 Å². The third-order valence-electron chi connectivity index (χ3n) is 8.40. The predicted octanol–water partition coefficient (Wildman–Crippen LogP) is 9.40. The molecule has 4 rings (SSSR count). The lowest BCUT2D eigenvalue weighted by Gasteiger charge is -2.26. The fraction of sp³-hybridized carbons (Fsp3) is 0.282. The molecule has 8 nitrogen and oxygen atoms in total. The van der Waals surface area contributed by atoms with Crippen LogP contribution in [0.15, 0.2) is 60.7 Å². The Bertz CT molecular complexity index is 1970. The molecule has 1 atom stereocenters. The lowest BCUT2D eigenvalue weighted by atomic mass is 9.79. The molecule has 47 heavy (non-hydrogen) atoms. The second kappa shape index (κ2) is 14.9. The Kier molecular flexibility index (Phi) is 10.7. The third kappa shape index (κ3) is 7.31. The molecule has 0 N–H and O–H groups in total. The van der Waals surface area contributed by atoms with Crippen LogP contribution in [0, 0.1) is 59.9 Å². The van der Waals surface area contributed by atoms with E-state index in [0.29, 0.717) is 29.4 Å². The van der Waals surface area contributed by atoms with Gasteiger partial charge in [0.1, 0.15) is 23.0 Å². The highest BCUT2D eigenvalue weighted by atomic mass is 16.5. The molecule has 1 unspecified atom stereocenters. The van der Waals surface area contributed by atoms with E-state index >= 15 is 0 Å². The van der Waals surface area contributed by atoms with Gasteiger partial charge in [-0.05, 0) is 88.9 Å². The quantitative estimate of drug-likeness (QED) is 0.151. The Morgan fingerprint density at radius 3 is 1.68 bits per heavy atom. The lowest BCUT2D eigenvalue weighted by molar-refractivity contribution is 0.491. The van der Waals surface area contributed by atoms with E-state index in [9.17, 15) is 10.5 Å². The van der Waals surface area contributed by atoms with Crippen molar-refractivity contribution in [1.29, 1.82) is 21.0 Å². The van der Waals surface area contributed by atoms with Gasteiger partial charge in [-0.3, -0.25) is 0 Å². The van der Waals surface area contributed by atoms with Gasteiger partial charge in [0.25, 0.3) is 25.0 Å². The molecule has 0 bridgehead atoms. The van der Waals surface area contributed by atoms with Crippen molar-refractivity contribution in [3.8, 4) is 59.1 Å². The molecule has 0 heterocycles. The van der Waals surface area contributed by atoms with E-state index in [2.05, 4.69) is 40.7 Å². The molecule has 4 aromatic carbocycles. The van der Waals surface area contributed by atoms with Crippen molar-refractivity contribution in [3.05, 3.63) is 105 Å². The van der Waals surface area contributed by atoms with Crippen molar-refractivity contribution in [2.45, 2.75) is 72.6 Å². The highest BCUT2D eigenvalue weighted by molar-refractivity contribution is 5.81. The summed E-state index contributed by atoms with van der Waals surface area (Å²) in [7, 11) is 0. The molecule has 0 aliphatic heterocycles. The number of ether oxygens (including phenoxy) is 4. The van der Waals surface area contributed by atoms with Crippen LogP contribution in [0.3, 0.4) is 0 Å². The summed E-state index contributed by atoms with van der Waals surface area (Å²) in [5.41, 5.74) is 8.65. The van der Waals surface area contributed by atoms with Gasteiger partial charge in [0.15, 0.2) is 0 Å². The standard InChI is InChI=1S/C39H36N4O4/c1-23(2)29-9-13-37(46-21-42)33(17-29)38-31(24(3)4)18-32(27(7)30-10-12-36(45-20-41)26(6)15-30)39(47-22-43)34(38)16-28-8-11-35(44-19-40)25(5)14-28/h8-15,17-18,23-24,27H,16H2,1-7H3. The number of rotatable bonds is 11. The van der Waals surface area contributed by atoms with Crippen LogP contribution in [0.1, 0.15) is 96.9 Å². The Morgan fingerprint density at radius 2 is 1.13 bits per heavy atom. The number of benzene rings is 4. The Balaban J connectivity index is 2.11. The van der Waals surface area contributed by atoms with E-state index in [1.54, 1.807) is 24.6 Å². The highest BCUT2D eigenvalue weighted by Gasteiger charge is 2.28. The average molecular weight is 625 g/mol. The van der Waals surface area contributed by atoms with E-state index in [4.69, 9.17) is 29.5 Å². The summed E-state index contributed by atoms with van der Waals surface area (Å²) in [6.07, 6.45) is 7.61. The van der Waals surface area contributed by atoms with Gasteiger partial charge in [-0.2, -0.15) is 0 Å². The lowest BCUT2D eigenvalue weighted by Crippen LogP contribution is -2.10. The number of nitriles is 4. The summed E-state index contributed by atoms with van der Waals surface area (Å²) in [6.45, 7) is 14.2. The third-order valence-corrected chi connectivity index (χ3v) is 8.40. The van der Waals surface area contributed by atoms with Crippen LogP contribution in [-0.4, -0.2) is 0 Å². The highest BCUT2D eigenvalue weighted by Crippen LogP contribution is 2.48. The van der Waals surface area contributed by atoms with Gasteiger partial charge in [-0.25, -0.2) is 0 Å². The number of aryl methyl sites for hydroxylation is 2. The molecule has 0 spiro atoms. The summed E-state index contributed by atoms with van der Waals surface area (Å²) >= 11 is 0. The second-order valence-electron chi connectivity index (χ2n) is 12.1.